The first-order valence-corrected chi connectivity index (χ1v) is 10.8. The molecule has 0 aliphatic carbocycles. The molecule has 0 aliphatic rings. The molecule has 0 aromatic rings. The van der Waals surface area contributed by atoms with Crippen molar-refractivity contribution in [3.8, 4) is 0 Å². The van der Waals surface area contributed by atoms with Gasteiger partial charge in [-0.2, -0.15) is 0 Å². The van der Waals surface area contributed by atoms with Gasteiger partial charge in [0.15, 0.2) is 0 Å². The number of rotatable bonds is 0. The van der Waals surface area contributed by atoms with Crippen molar-refractivity contribution in [1.82, 2.24) is 0 Å². The van der Waals surface area contributed by atoms with E-state index in [9.17, 15) is 0 Å². The van der Waals surface area contributed by atoms with Gasteiger partial charge in [0.2, 0.25) is 16.6 Å². The molecule has 0 aliphatic heterocycles. The summed E-state index contributed by atoms with van der Waals surface area (Å²) in [5, 5.41) is 0. The van der Waals surface area contributed by atoms with E-state index in [0.29, 0.717) is 0 Å². The Hall–Kier alpha value is 1.32. The molecule has 0 unspecified atom stereocenters. The van der Waals surface area contributed by atoms with E-state index in [-0.39, 0.29) is 58.7 Å². The van der Waals surface area contributed by atoms with E-state index in [2.05, 4.69) is 102 Å². The molecule has 0 amide bonds. The molecule has 0 bridgehead atoms. The van der Waals surface area contributed by atoms with Gasteiger partial charge in [-0.3, -0.25) is 0 Å². The van der Waals surface area contributed by atoms with Crippen molar-refractivity contribution >= 4 is 67.4 Å². The normalized spacial score (nSPS) is 7.30. The second-order valence-electron chi connectivity index (χ2n) is 7.10. The molecule has 0 fully saturated rings. The topological polar surface area (TPSA) is 72.8 Å². The van der Waals surface area contributed by atoms with Gasteiger partial charge in [-0.15, -0.1) is 67.1 Å². The quantitative estimate of drug-likeness (QED) is 0.106. The summed E-state index contributed by atoms with van der Waals surface area (Å²) in [5.74, 6) is 0. The maximum absolute atomic E-state index is 7.50. The van der Waals surface area contributed by atoms with Crippen LogP contribution in [0.2, 0.25) is 0 Å². The zero-order chi connectivity index (χ0) is 25.2. The van der Waals surface area contributed by atoms with Gasteiger partial charge >= 0.3 is 34.2 Å². The van der Waals surface area contributed by atoms with Gasteiger partial charge in [-0.1, -0.05) is 0 Å². The van der Waals surface area contributed by atoms with E-state index >= 15 is 0 Å². The molecule has 0 radical (unpaired) electrons. The third kappa shape index (κ3) is 221. The van der Waals surface area contributed by atoms with E-state index in [4.69, 9.17) is 33.7 Å². The first kappa shape index (κ1) is 57.8. The number of nitrogens with zero attached hydrogens (tertiary/aromatic N) is 3. The summed E-state index contributed by atoms with van der Waals surface area (Å²) in [6.45, 7) is 49.9. The number of hydrogen-bond donors (Lipinski definition) is 0. The van der Waals surface area contributed by atoms with Gasteiger partial charge in [-0.05, 0) is 0 Å². The molecule has 0 aromatic heterocycles. The maximum Gasteiger partial charge on any atom is 0 e. The second kappa shape index (κ2) is 40.7. The molecular weight excluding hydrogens is 890 g/mol. The van der Waals surface area contributed by atoms with Crippen LogP contribution in [-0.2, 0) is 56.1 Å². The van der Waals surface area contributed by atoms with Gasteiger partial charge in [0.25, 0.3) is 0 Å². The Bertz CT molecular complexity index is 445. The van der Waals surface area contributed by atoms with E-state index in [0.717, 1.165) is 0.282 Å². The molecule has 0 N–H and O–H groups in total. The molecule has 30 heavy (non-hydrogen) atoms. The molecule has 0 spiro atoms. The molecule has 0 heterocycles. The number of hydrogen-bond acceptors (Lipinski definition) is 0. The van der Waals surface area contributed by atoms with E-state index in [1.54, 1.807) is 0 Å². The van der Waals surface area contributed by atoms with Crippen molar-refractivity contribution in [2.75, 3.05) is 0 Å². The minimum absolute atomic E-state index is 0. The second-order valence-corrected chi connectivity index (χ2v) is 18.0. The fourth-order valence-corrected chi connectivity index (χ4v) is 0. The average Bonchev–Trinajstić information content (AvgIpc) is 2.59. The van der Waals surface area contributed by atoms with Crippen LogP contribution < -0.4 is 0 Å². The Labute approximate surface area is 253 Å². The summed E-state index contributed by atoms with van der Waals surface area (Å²) in [6.07, 6.45) is 0. The third-order valence-corrected chi connectivity index (χ3v) is 1.01. The fraction of sp³-hybridized carbons (Fsp3) is 0.667. The van der Waals surface area contributed by atoms with Crippen LogP contribution in [0.15, 0.2) is 0 Å². The first-order chi connectivity index (χ1) is 12.4. The zero-order valence-corrected chi connectivity index (χ0v) is 29.1. The van der Waals surface area contributed by atoms with Crippen molar-refractivity contribution in [3.63, 3.8) is 0 Å². The Morgan fingerprint density at radius 3 is 0.533 bits per heavy atom. The van der Waals surface area contributed by atoms with Crippen LogP contribution in [0.5, 0.6) is 0 Å². The Morgan fingerprint density at radius 1 is 0.500 bits per heavy atom. The van der Waals surface area contributed by atoms with Gasteiger partial charge in [0.05, 0.1) is 0 Å². The maximum atomic E-state index is 7.50. The largest absolute Gasteiger partial charge is 0 e. The minimum atomic E-state index is -0.167. The van der Waals surface area contributed by atoms with Gasteiger partial charge in [0.1, 0.15) is 0 Å². The average molecular weight is 917 g/mol. The fourth-order valence-electron chi connectivity index (χ4n) is 0. The molecular formula is C18H27BI3Mo2N3O3. The Morgan fingerprint density at radius 2 is 0.533 bits per heavy atom. The van der Waals surface area contributed by atoms with E-state index in [1.807, 2.05) is 62.3 Å². The Kier molecular flexibility index (Phi) is 78.3. The molecule has 168 valence electrons. The molecule has 0 rings (SSSR count). The summed E-state index contributed by atoms with van der Waals surface area (Å²) in [5.41, 5.74) is -0.500. The SMILES string of the molecule is IB(I)I.[C-]#[N+]C(C)(C)C.[C-]#[N+]C(C)(C)C.[C-]#[N+]C(C)(C)C.[C-]#[O+].[C-]#[O+].[C-]#[O+].[Mo].[Mo]. The molecule has 0 aromatic carbocycles. The van der Waals surface area contributed by atoms with Crippen molar-refractivity contribution in [2.45, 2.75) is 78.9 Å². The van der Waals surface area contributed by atoms with Crippen molar-refractivity contribution < 1.29 is 56.1 Å². The minimum Gasteiger partial charge on any atom is 0 e. The van der Waals surface area contributed by atoms with Crippen LogP contribution in [0.3, 0.4) is 0 Å². The van der Waals surface area contributed by atoms with Crippen LogP contribution in [0.1, 0.15) is 62.3 Å². The van der Waals surface area contributed by atoms with Gasteiger partial charge in [0, 0.05) is 104 Å². The molecule has 0 atom stereocenters. The van der Waals surface area contributed by atoms with Crippen molar-refractivity contribution in [2.24, 2.45) is 0 Å². The monoisotopic (exact) mass is 921 g/mol. The van der Waals surface area contributed by atoms with E-state index in [1.165, 1.54) is 0 Å². The zero-order valence-electron chi connectivity index (χ0n) is 18.6. The van der Waals surface area contributed by atoms with E-state index < -0.39 is 0 Å². The summed E-state index contributed by atoms with van der Waals surface area (Å²) < 4.78 is 23.2. The van der Waals surface area contributed by atoms with Crippen LogP contribution in [0.4, 0.5) is 0 Å². The summed E-state index contributed by atoms with van der Waals surface area (Å²) in [7, 11) is 0. The standard InChI is InChI=1S/3C5H9N.3CO.BI3.2Mo/c3*1-5(2,3)6-4;3*1-2;2-1(3)4;;/h3*1-3H3;;;;;;. The van der Waals surface area contributed by atoms with Crippen LogP contribution in [-0.4, -0.2) is 16.9 Å². The summed E-state index contributed by atoms with van der Waals surface area (Å²) in [6, 6.07) is 0. The van der Waals surface area contributed by atoms with Crippen LogP contribution >= 0.6 is 67.1 Å². The van der Waals surface area contributed by atoms with Gasteiger partial charge < -0.3 is 14.5 Å². The van der Waals surface area contributed by atoms with Crippen LogP contribution in [0, 0.1) is 39.7 Å². The van der Waals surface area contributed by atoms with Crippen molar-refractivity contribution in [1.29, 1.82) is 0 Å². The van der Waals surface area contributed by atoms with Crippen molar-refractivity contribution in [3.05, 3.63) is 54.2 Å². The molecule has 0 saturated heterocycles. The number of halogens is 3. The predicted molar refractivity (Wildman–Crippen MR) is 139 cm³/mol. The summed E-state index contributed by atoms with van der Waals surface area (Å²) >= 11 is 6.95. The van der Waals surface area contributed by atoms with Crippen LogP contribution in [0.25, 0.3) is 14.5 Å². The summed E-state index contributed by atoms with van der Waals surface area (Å²) in [4.78, 5) is 9.81. The smallest absolute Gasteiger partial charge is 0 e. The molecule has 12 heteroatoms. The molecule has 0 saturated carbocycles. The molecule has 6 nitrogen and oxygen atoms in total. The Balaban J connectivity index is -0.0000000254. The first-order valence-electron chi connectivity index (χ1n) is 7.11. The van der Waals surface area contributed by atoms with Gasteiger partial charge in [-0.25, -0.2) is 19.7 Å². The predicted octanol–water partition coefficient (Wildman–Crippen LogP) is 7.27. The third-order valence-electron chi connectivity index (χ3n) is 1.01.